The van der Waals surface area contributed by atoms with Crippen LogP contribution < -0.4 is 4.90 Å². The molecule has 0 aromatic heterocycles. The number of alkyl halides is 1. The van der Waals surface area contributed by atoms with E-state index in [0.717, 1.165) is 17.3 Å². The molecule has 0 N–H and O–H groups in total. The first-order chi connectivity index (χ1) is 8.28. The van der Waals surface area contributed by atoms with Crippen LogP contribution in [-0.4, -0.2) is 12.6 Å². The van der Waals surface area contributed by atoms with Gasteiger partial charge in [0.15, 0.2) is 0 Å². The standard InChI is InChI=1S/C14H17Br2N/c15-8-11-3-6-14(13(16)7-11)17(12-4-5-12)9-10-1-2-10/h3,6-7,10,12H,1-2,4-5,8-9H2. The summed E-state index contributed by atoms with van der Waals surface area (Å²) in [5.74, 6) is 0.957. The average molecular weight is 359 g/mol. The van der Waals surface area contributed by atoms with Gasteiger partial charge in [-0.25, -0.2) is 0 Å². The van der Waals surface area contributed by atoms with Crippen molar-refractivity contribution in [2.45, 2.75) is 37.1 Å². The van der Waals surface area contributed by atoms with Crippen molar-refractivity contribution in [2.75, 3.05) is 11.4 Å². The van der Waals surface area contributed by atoms with Crippen LogP contribution in [0, 0.1) is 5.92 Å². The molecule has 2 aliphatic carbocycles. The third-order valence-corrected chi connectivity index (χ3v) is 4.90. The van der Waals surface area contributed by atoms with E-state index in [9.17, 15) is 0 Å². The van der Waals surface area contributed by atoms with Gasteiger partial charge in [-0.2, -0.15) is 0 Å². The topological polar surface area (TPSA) is 3.24 Å². The van der Waals surface area contributed by atoms with Crippen molar-refractivity contribution in [1.82, 2.24) is 0 Å². The summed E-state index contributed by atoms with van der Waals surface area (Å²) in [4.78, 5) is 2.62. The van der Waals surface area contributed by atoms with Gasteiger partial charge >= 0.3 is 0 Å². The van der Waals surface area contributed by atoms with E-state index < -0.39 is 0 Å². The summed E-state index contributed by atoms with van der Waals surface area (Å²) in [7, 11) is 0. The molecule has 0 saturated heterocycles. The minimum Gasteiger partial charge on any atom is -0.367 e. The number of anilines is 1. The van der Waals surface area contributed by atoms with Gasteiger partial charge in [-0.3, -0.25) is 0 Å². The predicted molar refractivity (Wildman–Crippen MR) is 79.9 cm³/mol. The molecule has 0 spiro atoms. The third kappa shape index (κ3) is 2.87. The summed E-state index contributed by atoms with van der Waals surface area (Å²) in [5, 5.41) is 0.929. The Balaban J connectivity index is 1.83. The smallest absolute Gasteiger partial charge is 0.0513 e. The molecule has 0 bridgehead atoms. The Morgan fingerprint density at radius 2 is 1.94 bits per heavy atom. The van der Waals surface area contributed by atoms with Crippen molar-refractivity contribution in [3.63, 3.8) is 0 Å². The van der Waals surface area contributed by atoms with Crippen molar-refractivity contribution in [3.8, 4) is 0 Å². The SMILES string of the molecule is BrCc1ccc(N(CC2CC2)C2CC2)c(Br)c1. The lowest BCUT2D eigenvalue weighted by Crippen LogP contribution is -2.28. The number of nitrogens with zero attached hydrogens (tertiary/aromatic N) is 1. The Morgan fingerprint density at radius 3 is 2.47 bits per heavy atom. The zero-order valence-corrected chi connectivity index (χ0v) is 13.0. The fraction of sp³-hybridized carbons (Fsp3) is 0.571. The normalized spacial score (nSPS) is 19.4. The first kappa shape index (κ1) is 12.0. The van der Waals surface area contributed by atoms with Gasteiger partial charge in [-0.15, -0.1) is 0 Å². The summed E-state index contributed by atoms with van der Waals surface area (Å²) < 4.78 is 1.25. The molecule has 3 heteroatoms. The van der Waals surface area contributed by atoms with Gasteiger partial charge in [-0.1, -0.05) is 22.0 Å². The van der Waals surface area contributed by atoms with Gasteiger partial charge in [0.05, 0.1) is 5.69 Å². The maximum absolute atomic E-state index is 3.73. The van der Waals surface area contributed by atoms with Crippen LogP contribution in [0.4, 0.5) is 5.69 Å². The fourth-order valence-electron chi connectivity index (χ4n) is 2.28. The maximum atomic E-state index is 3.73. The molecule has 0 radical (unpaired) electrons. The lowest BCUT2D eigenvalue weighted by molar-refractivity contribution is 0.717. The quantitative estimate of drug-likeness (QED) is 0.688. The van der Waals surface area contributed by atoms with Gasteiger partial charge in [0, 0.05) is 22.4 Å². The second-order valence-corrected chi connectivity index (χ2v) is 6.66. The molecule has 0 aliphatic heterocycles. The largest absolute Gasteiger partial charge is 0.367 e. The second-order valence-electron chi connectivity index (χ2n) is 5.25. The van der Waals surface area contributed by atoms with E-state index in [2.05, 4.69) is 55.0 Å². The highest BCUT2D eigenvalue weighted by molar-refractivity contribution is 9.10. The molecule has 1 aromatic rings. The highest BCUT2D eigenvalue weighted by Gasteiger charge is 2.34. The van der Waals surface area contributed by atoms with Crippen LogP contribution in [0.1, 0.15) is 31.2 Å². The van der Waals surface area contributed by atoms with Crippen LogP contribution in [-0.2, 0) is 5.33 Å². The van der Waals surface area contributed by atoms with E-state index in [-0.39, 0.29) is 0 Å². The van der Waals surface area contributed by atoms with Crippen LogP contribution >= 0.6 is 31.9 Å². The van der Waals surface area contributed by atoms with Crippen molar-refractivity contribution in [3.05, 3.63) is 28.2 Å². The number of hydrogen-bond acceptors (Lipinski definition) is 1. The summed E-state index contributed by atoms with van der Waals surface area (Å²) in [6, 6.07) is 7.56. The minimum absolute atomic E-state index is 0.807. The van der Waals surface area contributed by atoms with Gasteiger partial charge in [0.2, 0.25) is 0 Å². The van der Waals surface area contributed by atoms with Gasteiger partial charge in [0.1, 0.15) is 0 Å². The van der Waals surface area contributed by atoms with Crippen LogP contribution in [0.15, 0.2) is 22.7 Å². The predicted octanol–water partition coefficient (Wildman–Crippen LogP) is 4.72. The highest BCUT2D eigenvalue weighted by Crippen LogP contribution is 2.40. The van der Waals surface area contributed by atoms with Crippen molar-refractivity contribution < 1.29 is 0 Å². The first-order valence-electron chi connectivity index (χ1n) is 6.39. The number of benzene rings is 1. The summed E-state index contributed by atoms with van der Waals surface area (Å²) in [5.41, 5.74) is 2.73. The molecule has 2 saturated carbocycles. The Kier molecular flexibility index (Phi) is 3.49. The Hall–Kier alpha value is -0.0200. The second kappa shape index (κ2) is 4.93. The Labute approximate surface area is 120 Å². The summed E-state index contributed by atoms with van der Waals surface area (Å²) in [6.07, 6.45) is 5.61. The molecule has 1 nitrogen and oxygen atoms in total. The molecule has 17 heavy (non-hydrogen) atoms. The number of halogens is 2. The molecule has 0 amide bonds. The lowest BCUT2D eigenvalue weighted by atomic mass is 10.2. The lowest BCUT2D eigenvalue weighted by Gasteiger charge is -2.26. The first-order valence-corrected chi connectivity index (χ1v) is 8.30. The van der Waals surface area contributed by atoms with Gasteiger partial charge in [-0.05, 0) is 65.2 Å². The van der Waals surface area contributed by atoms with E-state index in [1.54, 1.807) is 0 Å². The van der Waals surface area contributed by atoms with Crippen LogP contribution in [0.25, 0.3) is 0 Å². The highest BCUT2D eigenvalue weighted by atomic mass is 79.9. The minimum atomic E-state index is 0.807. The van der Waals surface area contributed by atoms with E-state index >= 15 is 0 Å². The van der Waals surface area contributed by atoms with Crippen molar-refractivity contribution in [2.24, 2.45) is 5.92 Å². The third-order valence-electron chi connectivity index (χ3n) is 3.62. The number of hydrogen-bond donors (Lipinski definition) is 0. The van der Waals surface area contributed by atoms with Gasteiger partial charge < -0.3 is 4.90 Å². The molecule has 0 atom stereocenters. The van der Waals surface area contributed by atoms with Crippen LogP contribution in [0.3, 0.4) is 0 Å². The summed E-state index contributed by atoms with van der Waals surface area (Å²) in [6.45, 7) is 1.26. The molecule has 1 aromatic carbocycles. The molecule has 2 aliphatic rings. The Bertz CT molecular complexity index is 411. The average Bonchev–Trinajstić information content (AvgIpc) is 3.18. The zero-order valence-electron chi connectivity index (χ0n) is 9.83. The summed E-state index contributed by atoms with van der Waals surface area (Å²) >= 11 is 7.24. The molecule has 0 unspecified atom stereocenters. The maximum Gasteiger partial charge on any atom is 0.0513 e. The molecule has 0 heterocycles. The van der Waals surface area contributed by atoms with Crippen LogP contribution in [0.2, 0.25) is 0 Å². The molecule has 92 valence electrons. The van der Waals surface area contributed by atoms with Crippen molar-refractivity contribution in [1.29, 1.82) is 0 Å². The van der Waals surface area contributed by atoms with E-state index in [4.69, 9.17) is 0 Å². The molecular weight excluding hydrogens is 342 g/mol. The van der Waals surface area contributed by atoms with Gasteiger partial charge in [0.25, 0.3) is 0 Å². The van der Waals surface area contributed by atoms with E-state index in [1.807, 2.05) is 0 Å². The van der Waals surface area contributed by atoms with Crippen molar-refractivity contribution >= 4 is 37.5 Å². The Morgan fingerprint density at radius 1 is 1.18 bits per heavy atom. The fourth-order valence-corrected chi connectivity index (χ4v) is 3.28. The zero-order chi connectivity index (χ0) is 11.8. The molecular formula is C14H17Br2N. The monoisotopic (exact) mass is 357 g/mol. The van der Waals surface area contributed by atoms with E-state index in [0.29, 0.717) is 0 Å². The van der Waals surface area contributed by atoms with E-state index in [1.165, 1.54) is 48.0 Å². The molecule has 2 fully saturated rings. The number of rotatable bonds is 5. The van der Waals surface area contributed by atoms with Crippen LogP contribution in [0.5, 0.6) is 0 Å². The molecule has 3 rings (SSSR count).